The standard InChI is InChI=1S/C15H13NO5/c1-2-5-16-14(18)9-21-15(19)6-10-8-20-13-7-11(17)3-4-12(10)13/h1,3-4,7-8,17H,5-6,9H2,(H,16,18). The van der Waals surface area contributed by atoms with Crippen molar-refractivity contribution in [1.82, 2.24) is 5.32 Å². The molecular weight excluding hydrogens is 274 g/mol. The highest BCUT2D eigenvalue weighted by Gasteiger charge is 2.13. The number of aromatic hydroxyl groups is 1. The first-order chi connectivity index (χ1) is 10.1. The molecular formula is C15H13NO5. The zero-order valence-electron chi connectivity index (χ0n) is 11.1. The van der Waals surface area contributed by atoms with Crippen LogP contribution in [0.5, 0.6) is 5.75 Å². The molecule has 0 aliphatic rings. The van der Waals surface area contributed by atoms with Gasteiger partial charge in [-0.25, -0.2) is 0 Å². The maximum Gasteiger partial charge on any atom is 0.310 e. The lowest BCUT2D eigenvalue weighted by Crippen LogP contribution is -2.29. The van der Waals surface area contributed by atoms with Crippen LogP contribution in [0, 0.1) is 12.3 Å². The lowest BCUT2D eigenvalue weighted by Gasteiger charge is -2.04. The van der Waals surface area contributed by atoms with E-state index in [-0.39, 0.29) is 25.3 Å². The SMILES string of the molecule is C#CCNC(=O)COC(=O)Cc1coc2cc(O)ccc12. The molecule has 0 atom stereocenters. The first-order valence-electron chi connectivity index (χ1n) is 6.15. The second kappa shape index (κ2) is 6.48. The fourth-order valence-electron chi connectivity index (χ4n) is 1.76. The highest BCUT2D eigenvalue weighted by atomic mass is 16.5. The van der Waals surface area contributed by atoms with E-state index in [1.54, 1.807) is 6.07 Å². The van der Waals surface area contributed by atoms with Crippen molar-refractivity contribution in [1.29, 1.82) is 0 Å². The molecule has 1 aromatic carbocycles. The molecule has 1 aromatic heterocycles. The number of carbonyl (C=O) groups excluding carboxylic acids is 2. The molecule has 108 valence electrons. The predicted molar refractivity (Wildman–Crippen MR) is 74.4 cm³/mol. The van der Waals surface area contributed by atoms with Crippen molar-refractivity contribution in [2.24, 2.45) is 0 Å². The van der Waals surface area contributed by atoms with Crippen molar-refractivity contribution in [3.05, 3.63) is 30.0 Å². The van der Waals surface area contributed by atoms with Crippen molar-refractivity contribution in [2.45, 2.75) is 6.42 Å². The Hall–Kier alpha value is -2.94. The molecule has 0 unspecified atom stereocenters. The second-order valence-electron chi connectivity index (χ2n) is 4.26. The molecule has 21 heavy (non-hydrogen) atoms. The van der Waals surface area contributed by atoms with Gasteiger partial charge in [0, 0.05) is 17.0 Å². The molecule has 1 amide bonds. The van der Waals surface area contributed by atoms with Crippen LogP contribution in [0.25, 0.3) is 11.0 Å². The number of hydrogen-bond donors (Lipinski definition) is 2. The number of rotatable bonds is 5. The van der Waals surface area contributed by atoms with E-state index < -0.39 is 11.9 Å². The van der Waals surface area contributed by atoms with Crippen LogP contribution in [0.4, 0.5) is 0 Å². The molecule has 0 fully saturated rings. The summed E-state index contributed by atoms with van der Waals surface area (Å²) in [6.07, 6.45) is 6.38. The summed E-state index contributed by atoms with van der Waals surface area (Å²) in [6, 6.07) is 4.60. The average Bonchev–Trinajstić information content (AvgIpc) is 2.85. The van der Waals surface area contributed by atoms with Gasteiger partial charge in [-0.2, -0.15) is 0 Å². The van der Waals surface area contributed by atoms with Crippen LogP contribution in [0.2, 0.25) is 0 Å². The average molecular weight is 287 g/mol. The molecule has 0 aliphatic heterocycles. The summed E-state index contributed by atoms with van der Waals surface area (Å²) in [4.78, 5) is 22.9. The number of esters is 1. The summed E-state index contributed by atoms with van der Waals surface area (Å²) >= 11 is 0. The molecule has 2 rings (SSSR count). The number of benzene rings is 1. The van der Waals surface area contributed by atoms with Crippen LogP contribution in [-0.2, 0) is 20.7 Å². The number of carbonyl (C=O) groups is 2. The largest absolute Gasteiger partial charge is 0.508 e. The van der Waals surface area contributed by atoms with E-state index in [2.05, 4.69) is 11.2 Å². The van der Waals surface area contributed by atoms with Crippen molar-refractivity contribution in [3.8, 4) is 18.1 Å². The van der Waals surface area contributed by atoms with Gasteiger partial charge in [0.25, 0.3) is 5.91 Å². The summed E-state index contributed by atoms with van der Waals surface area (Å²) in [5.74, 6) is 1.31. The number of phenols is 1. The number of nitrogens with one attached hydrogen (secondary N) is 1. The summed E-state index contributed by atoms with van der Waals surface area (Å²) < 4.78 is 10.1. The smallest absolute Gasteiger partial charge is 0.310 e. The van der Waals surface area contributed by atoms with Gasteiger partial charge in [-0.3, -0.25) is 9.59 Å². The number of fused-ring (bicyclic) bond motifs is 1. The van der Waals surface area contributed by atoms with Gasteiger partial charge < -0.3 is 19.6 Å². The maximum absolute atomic E-state index is 11.7. The van der Waals surface area contributed by atoms with Crippen molar-refractivity contribution < 1.29 is 23.8 Å². The Morgan fingerprint density at radius 2 is 2.24 bits per heavy atom. The van der Waals surface area contributed by atoms with E-state index in [0.717, 1.165) is 0 Å². The van der Waals surface area contributed by atoms with Gasteiger partial charge in [0.15, 0.2) is 6.61 Å². The van der Waals surface area contributed by atoms with Crippen molar-refractivity contribution in [2.75, 3.05) is 13.2 Å². The van der Waals surface area contributed by atoms with E-state index in [1.165, 1.54) is 18.4 Å². The lowest BCUT2D eigenvalue weighted by molar-refractivity contribution is -0.147. The number of ether oxygens (including phenoxy) is 1. The van der Waals surface area contributed by atoms with Crippen LogP contribution in [-0.4, -0.2) is 30.1 Å². The van der Waals surface area contributed by atoms with E-state index >= 15 is 0 Å². The third-order valence-electron chi connectivity index (χ3n) is 2.73. The predicted octanol–water partition coefficient (Wildman–Crippen LogP) is 0.973. The van der Waals surface area contributed by atoms with Crippen LogP contribution in [0.15, 0.2) is 28.9 Å². The molecule has 0 aliphatic carbocycles. The molecule has 0 saturated heterocycles. The highest BCUT2D eigenvalue weighted by molar-refractivity contribution is 5.87. The minimum absolute atomic E-state index is 0.0276. The molecule has 1 heterocycles. The van der Waals surface area contributed by atoms with Gasteiger partial charge in [-0.15, -0.1) is 6.42 Å². The number of terminal acetylenes is 1. The molecule has 0 radical (unpaired) electrons. The third kappa shape index (κ3) is 3.76. The van der Waals surface area contributed by atoms with Crippen molar-refractivity contribution in [3.63, 3.8) is 0 Å². The molecule has 6 heteroatoms. The van der Waals surface area contributed by atoms with E-state index in [4.69, 9.17) is 15.6 Å². The van der Waals surface area contributed by atoms with Gasteiger partial charge in [0.1, 0.15) is 11.3 Å². The summed E-state index contributed by atoms with van der Waals surface area (Å²) in [5, 5.41) is 12.4. The van der Waals surface area contributed by atoms with Crippen LogP contribution >= 0.6 is 0 Å². The zero-order valence-corrected chi connectivity index (χ0v) is 11.1. The third-order valence-corrected chi connectivity index (χ3v) is 2.73. The fourth-order valence-corrected chi connectivity index (χ4v) is 1.76. The Morgan fingerprint density at radius 3 is 3.00 bits per heavy atom. The lowest BCUT2D eigenvalue weighted by atomic mass is 10.1. The molecule has 0 saturated carbocycles. The van der Waals surface area contributed by atoms with E-state index in [1.807, 2.05) is 0 Å². The Labute approximate surface area is 120 Å². The second-order valence-corrected chi connectivity index (χ2v) is 4.26. The van der Waals surface area contributed by atoms with Crippen LogP contribution < -0.4 is 5.32 Å². The van der Waals surface area contributed by atoms with E-state index in [9.17, 15) is 14.7 Å². The first kappa shape index (κ1) is 14.5. The number of furan rings is 1. The quantitative estimate of drug-likeness (QED) is 0.632. The van der Waals surface area contributed by atoms with Gasteiger partial charge >= 0.3 is 5.97 Å². The van der Waals surface area contributed by atoms with Gasteiger partial charge in [-0.05, 0) is 12.1 Å². The summed E-state index contributed by atoms with van der Waals surface area (Å²) in [5.41, 5.74) is 1.10. The Kier molecular flexibility index (Phi) is 4.46. The minimum Gasteiger partial charge on any atom is -0.508 e. The molecule has 2 aromatic rings. The molecule has 2 N–H and O–H groups in total. The van der Waals surface area contributed by atoms with E-state index in [0.29, 0.717) is 16.5 Å². The molecule has 0 bridgehead atoms. The molecule has 0 spiro atoms. The molecule has 6 nitrogen and oxygen atoms in total. The number of hydrogen-bond acceptors (Lipinski definition) is 5. The van der Waals surface area contributed by atoms with Gasteiger partial charge in [0.05, 0.1) is 19.2 Å². The number of amides is 1. The topological polar surface area (TPSA) is 88.8 Å². The number of phenolic OH excluding ortho intramolecular Hbond substituents is 1. The highest BCUT2D eigenvalue weighted by Crippen LogP contribution is 2.25. The van der Waals surface area contributed by atoms with Crippen LogP contribution in [0.3, 0.4) is 0 Å². The van der Waals surface area contributed by atoms with Gasteiger partial charge in [-0.1, -0.05) is 5.92 Å². The summed E-state index contributed by atoms with van der Waals surface area (Å²) in [6.45, 7) is -0.288. The Bertz CT molecular complexity index is 710. The van der Waals surface area contributed by atoms with Crippen LogP contribution in [0.1, 0.15) is 5.56 Å². The fraction of sp³-hybridized carbons (Fsp3) is 0.200. The van der Waals surface area contributed by atoms with Gasteiger partial charge in [0.2, 0.25) is 0 Å². The normalized spacial score (nSPS) is 10.0. The monoisotopic (exact) mass is 287 g/mol. The van der Waals surface area contributed by atoms with Crippen molar-refractivity contribution >= 4 is 22.8 Å². The summed E-state index contributed by atoms with van der Waals surface area (Å²) in [7, 11) is 0. The Morgan fingerprint density at radius 1 is 1.43 bits per heavy atom. The zero-order chi connectivity index (χ0) is 15.2. The maximum atomic E-state index is 11.7. The Balaban J connectivity index is 1.93. The minimum atomic E-state index is -0.554. The first-order valence-corrected chi connectivity index (χ1v) is 6.15.